The standard InChI is InChI=1S/C13H14F2N4O2/c1-3-4-16-11-17-12(20-2)19-13(18-11)21-10-6-8(14)5-9(15)7-10/h5-7H,3-4H2,1-2H3,(H,16,17,18,19). The minimum absolute atomic E-state index is 0.0375. The van der Waals surface area contributed by atoms with E-state index < -0.39 is 11.6 Å². The van der Waals surface area contributed by atoms with Crippen molar-refractivity contribution >= 4 is 5.95 Å². The second kappa shape index (κ2) is 6.78. The van der Waals surface area contributed by atoms with Crippen LogP contribution in [0.25, 0.3) is 0 Å². The number of rotatable bonds is 6. The van der Waals surface area contributed by atoms with Gasteiger partial charge in [0.05, 0.1) is 7.11 Å². The number of ether oxygens (including phenoxy) is 2. The molecule has 1 aromatic carbocycles. The lowest BCUT2D eigenvalue weighted by Crippen LogP contribution is -2.07. The summed E-state index contributed by atoms with van der Waals surface area (Å²) in [4.78, 5) is 11.8. The van der Waals surface area contributed by atoms with Crippen LogP contribution < -0.4 is 14.8 Å². The van der Waals surface area contributed by atoms with Crippen LogP contribution in [0.2, 0.25) is 0 Å². The molecular formula is C13H14F2N4O2. The molecule has 0 atom stereocenters. The minimum Gasteiger partial charge on any atom is -0.467 e. The van der Waals surface area contributed by atoms with Crippen molar-refractivity contribution in [2.45, 2.75) is 13.3 Å². The molecule has 0 saturated carbocycles. The van der Waals surface area contributed by atoms with E-state index >= 15 is 0 Å². The SMILES string of the molecule is CCCNc1nc(OC)nc(Oc2cc(F)cc(F)c2)n1. The fourth-order valence-corrected chi connectivity index (χ4v) is 1.48. The summed E-state index contributed by atoms with van der Waals surface area (Å²) in [5.74, 6) is -1.30. The van der Waals surface area contributed by atoms with Crippen LogP contribution in [0.15, 0.2) is 18.2 Å². The van der Waals surface area contributed by atoms with E-state index in [1.807, 2.05) is 6.92 Å². The van der Waals surface area contributed by atoms with Crippen molar-refractivity contribution in [2.24, 2.45) is 0 Å². The Bertz CT molecular complexity index is 605. The number of hydrogen-bond donors (Lipinski definition) is 1. The number of anilines is 1. The topological polar surface area (TPSA) is 69.2 Å². The van der Waals surface area contributed by atoms with Crippen molar-refractivity contribution in [3.63, 3.8) is 0 Å². The fourth-order valence-electron chi connectivity index (χ4n) is 1.48. The van der Waals surface area contributed by atoms with Gasteiger partial charge in [0, 0.05) is 24.7 Å². The van der Waals surface area contributed by atoms with E-state index in [-0.39, 0.29) is 23.7 Å². The molecule has 0 aliphatic carbocycles. The number of nitrogens with zero attached hydrogens (tertiary/aromatic N) is 3. The highest BCUT2D eigenvalue weighted by atomic mass is 19.1. The second-order valence-electron chi connectivity index (χ2n) is 4.06. The van der Waals surface area contributed by atoms with Crippen LogP contribution in [0.1, 0.15) is 13.3 Å². The zero-order valence-corrected chi connectivity index (χ0v) is 11.6. The number of aromatic nitrogens is 3. The predicted molar refractivity (Wildman–Crippen MR) is 71.6 cm³/mol. The Morgan fingerprint density at radius 2 is 1.71 bits per heavy atom. The third-order valence-electron chi connectivity index (χ3n) is 2.36. The van der Waals surface area contributed by atoms with Gasteiger partial charge in [-0.15, -0.1) is 4.98 Å². The molecule has 0 bridgehead atoms. The highest BCUT2D eigenvalue weighted by Crippen LogP contribution is 2.22. The van der Waals surface area contributed by atoms with E-state index in [1.165, 1.54) is 7.11 Å². The zero-order chi connectivity index (χ0) is 15.2. The Morgan fingerprint density at radius 1 is 1.05 bits per heavy atom. The Hall–Kier alpha value is -2.51. The maximum absolute atomic E-state index is 13.1. The molecule has 0 aliphatic heterocycles. The molecule has 0 fully saturated rings. The molecule has 21 heavy (non-hydrogen) atoms. The Labute approximate surface area is 120 Å². The predicted octanol–water partition coefficient (Wildman–Crippen LogP) is 2.77. The first kappa shape index (κ1) is 14.9. The van der Waals surface area contributed by atoms with Gasteiger partial charge >= 0.3 is 12.0 Å². The van der Waals surface area contributed by atoms with Gasteiger partial charge < -0.3 is 14.8 Å². The van der Waals surface area contributed by atoms with Gasteiger partial charge in [-0.2, -0.15) is 9.97 Å². The molecule has 6 nitrogen and oxygen atoms in total. The van der Waals surface area contributed by atoms with Crippen molar-refractivity contribution in [3.05, 3.63) is 29.8 Å². The van der Waals surface area contributed by atoms with Crippen LogP contribution in [0, 0.1) is 11.6 Å². The van der Waals surface area contributed by atoms with E-state index in [0.29, 0.717) is 6.54 Å². The van der Waals surface area contributed by atoms with E-state index in [1.54, 1.807) is 0 Å². The van der Waals surface area contributed by atoms with E-state index in [9.17, 15) is 8.78 Å². The largest absolute Gasteiger partial charge is 0.467 e. The molecule has 2 aromatic rings. The summed E-state index contributed by atoms with van der Waals surface area (Å²) < 4.78 is 36.4. The van der Waals surface area contributed by atoms with Crippen LogP contribution in [0.3, 0.4) is 0 Å². The van der Waals surface area contributed by atoms with Gasteiger partial charge in [-0.1, -0.05) is 6.92 Å². The first-order valence-corrected chi connectivity index (χ1v) is 6.28. The zero-order valence-electron chi connectivity index (χ0n) is 11.6. The van der Waals surface area contributed by atoms with E-state index in [4.69, 9.17) is 9.47 Å². The molecule has 1 N–H and O–H groups in total. The molecule has 2 rings (SSSR count). The molecule has 0 amide bonds. The normalized spacial score (nSPS) is 10.3. The number of nitrogens with one attached hydrogen (secondary N) is 1. The third-order valence-corrected chi connectivity index (χ3v) is 2.36. The van der Waals surface area contributed by atoms with Crippen molar-refractivity contribution < 1.29 is 18.3 Å². The van der Waals surface area contributed by atoms with E-state index in [0.717, 1.165) is 24.6 Å². The molecule has 1 heterocycles. The molecule has 0 aliphatic rings. The van der Waals surface area contributed by atoms with Gasteiger partial charge in [-0.25, -0.2) is 8.78 Å². The van der Waals surface area contributed by atoms with Crippen LogP contribution in [0.4, 0.5) is 14.7 Å². The van der Waals surface area contributed by atoms with Crippen molar-refractivity contribution in [2.75, 3.05) is 19.0 Å². The van der Waals surface area contributed by atoms with Gasteiger partial charge in [0.2, 0.25) is 5.95 Å². The van der Waals surface area contributed by atoms with Crippen LogP contribution in [-0.2, 0) is 0 Å². The highest BCUT2D eigenvalue weighted by molar-refractivity contribution is 5.31. The second-order valence-corrected chi connectivity index (χ2v) is 4.06. The molecule has 0 radical (unpaired) electrons. The van der Waals surface area contributed by atoms with E-state index in [2.05, 4.69) is 20.3 Å². The smallest absolute Gasteiger partial charge is 0.330 e. The summed E-state index contributed by atoms with van der Waals surface area (Å²) in [6.45, 7) is 2.64. The van der Waals surface area contributed by atoms with Gasteiger partial charge in [-0.05, 0) is 6.42 Å². The van der Waals surface area contributed by atoms with Crippen LogP contribution >= 0.6 is 0 Å². The summed E-state index contributed by atoms with van der Waals surface area (Å²) >= 11 is 0. The Balaban J connectivity index is 2.25. The molecule has 0 saturated heterocycles. The lowest BCUT2D eigenvalue weighted by atomic mass is 10.3. The fraction of sp³-hybridized carbons (Fsp3) is 0.308. The number of benzene rings is 1. The quantitative estimate of drug-likeness (QED) is 0.884. The lowest BCUT2D eigenvalue weighted by molar-refractivity contribution is 0.359. The highest BCUT2D eigenvalue weighted by Gasteiger charge is 2.10. The molecule has 1 aromatic heterocycles. The molecule has 0 unspecified atom stereocenters. The summed E-state index contributed by atoms with van der Waals surface area (Å²) in [5.41, 5.74) is 0. The summed E-state index contributed by atoms with van der Waals surface area (Å²) in [6.07, 6.45) is 0.874. The van der Waals surface area contributed by atoms with Gasteiger partial charge in [0.25, 0.3) is 0 Å². The maximum atomic E-state index is 13.1. The lowest BCUT2D eigenvalue weighted by Gasteiger charge is -2.08. The monoisotopic (exact) mass is 296 g/mol. The van der Waals surface area contributed by atoms with Crippen LogP contribution in [-0.4, -0.2) is 28.6 Å². The van der Waals surface area contributed by atoms with Gasteiger partial charge in [-0.3, -0.25) is 0 Å². The molecular weight excluding hydrogens is 282 g/mol. The number of hydrogen-bond acceptors (Lipinski definition) is 6. The number of methoxy groups -OCH3 is 1. The maximum Gasteiger partial charge on any atom is 0.330 e. The summed E-state index contributed by atoms with van der Waals surface area (Å²) in [6, 6.07) is 2.72. The van der Waals surface area contributed by atoms with Gasteiger partial charge in [0.15, 0.2) is 0 Å². The van der Waals surface area contributed by atoms with Crippen molar-refractivity contribution in [1.29, 1.82) is 0 Å². The van der Waals surface area contributed by atoms with Crippen molar-refractivity contribution in [1.82, 2.24) is 15.0 Å². The molecule has 8 heteroatoms. The summed E-state index contributed by atoms with van der Waals surface area (Å²) in [7, 11) is 1.39. The average Bonchev–Trinajstić information content (AvgIpc) is 2.43. The van der Waals surface area contributed by atoms with Gasteiger partial charge in [0.1, 0.15) is 17.4 Å². The number of halogens is 2. The van der Waals surface area contributed by atoms with Crippen molar-refractivity contribution in [3.8, 4) is 17.8 Å². The Morgan fingerprint density at radius 3 is 2.33 bits per heavy atom. The average molecular weight is 296 g/mol. The first-order valence-electron chi connectivity index (χ1n) is 6.28. The first-order chi connectivity index (χ1) is 10.1. The summed E-state index contributed by atoms with van der Waals surface area (Å²) in [5, 5.41) is 2.95. The molecule has 112 valence electrons. The molecule has 0 spiro atoms. The minimum atomic E-state index is -0.754. The Kier molecular flexibility index (Phi) is 4.81. The third kappa shape index (κ3) is 4.23. The van der Waals surface area contributed by atoms with Crippen LogP contribution in [0.5, 0.6) is 17.8 Å².